The highest BCUT2D eigenvalue weighted by Gasteiger charge is 2.15. The van der Waals surface area contributed by atoms with Crippen molar-refractivity contribution in [1.82, 2.24) is 4.90 Å². The van der Waals surface area contributed by atoms with Gasteiger partial charge in [0.05, 0.1) is 0 Å². The van der Waals surface area contributed by atoms with E-state index in [-0.39, 0.29) is 18.2 Å². The predicted molar refractivity (Wildman–Crippen MR) is 98.3 cm³/mol. The molecule has 1 aliphatic heterocycles. The zero-order chi connectivity index (χ0) is 15.4. The van der Waals surface area contributed by atoms with Crippen LogP contribution in [0.1, 0.15) is 36.2 Å². The normalized spacial score (nSPS) is 15.2. The Hall–Kier alpha value is -1.10. The fraction of sp³-hybridized carbons (Fsp3) is 0.389. The number of ketones is 1. The second-order valence-corrected chi connectivity index (χ2v) is 6.66. The Morgan fingerprint density at radius 3 is 2.43 bits per heavy atom. The molecule has 0 atom stereocenters. The molecule has 1 aliphatic rings. The number of piperidine rings is 1. The van der Waals surface area contributed by atoms with E-state index >= 15 is 0 Å². The van der Waals surface area contributed by atoms with Crippen LogP contribution in [0.3, 0.4) is 0 Å². The van der Waals surface area contributed by atoms with E-state index in [4.69, 9.17) is 4.42 Å². The first kappa shape index (κ1) is 18.2. The van der Waals surface area contributed by atoms with Gasteiger partial charge in [0, 0.05) is 23.0 Å². The zero-order valence-electron chi connectivity index (χ0n) is 13.0. The average molecular weight is 399 g/mol. The molecule has 0 radical (unpaired) electrons. The molecule has 2 aromatic rings. The van der Waals surface area contributed by atoms with Crippen LogP contribution in [0.4, 0.5) is 0 Å². The Labute approximate surface area is 151 Å². The lowest BCUT2D eigenvalue weighted by atomic mass is 10.1. The van der Waals surface area contributed by atoms with Crippen molar-refractivity contribution >= 4 is 34.1 Å². The number of furan rings is 1. The van der Waals surface area contributed by atoms with Crippen molar-refractivity contribution in [3.63, 3.8) is 0 Å². The van der Waals surface area contributed by atoms with Gasteiger partial charge in [-0.25, -0.2) is 0 Å². The first-order chi connectivity index (χ1) is 10.7. The van der Waals surface area contributed by atoms with Crippen LogP contribution in [0.25, 0.3) is 11.3 Å². The molecule has 2 heterocycles. The Morgan fingerprint density at radius 1 is 1.04 bits per heavy atom. The molecule has 3 rings (SSSR count). The van der Waals surface area contributed by atoms with Crippen molar-refractivity contribution in [2.45, 2.75) is 25.7 Å². The monoisotopic (exact) mass is 397 g/mol. The van der Waals surface area contributed by atoms with Crippen LogP contribution in [0.2, 0.25) is 0 Å². The largest absolute Gasteiger partial charge is 0.453 e. The molecule has 0 aliphatic carbocycles. The van der Waals surface area contributed by atoms with Crippen LogP contribution in [0.15, 0.2) is 45.3 Å². The third kappa shape index (κ3) is 4.93. The van der Waals surface area contributed by atoms with Crippen molar-refractivity contribution < 1.29 is 9.21 Å². The van der Waals surface area contributed by atoms with E-state index in [1.54, 1.807) is 6.07 Å². The first-order valence-corrected chi connectivity index (χ1v) is 8.63. The van der Waals surface area contributed by atoms with Gasteiger partial charge >= 0.3 is 0 Å². The average Bonchev–Trinajstić information content (AvgIpc) is 3.04. The van der Waals surface area contributed by atoms with E-state index in [9.17, 15) is 4.79 Å². The van der Waals surface area contributed by atoms with Gasteiger partial charge in [0.1, 0.15) is 5.76 Å². The van der Waals surface area contributed by atoms with Gasteiger partial charge in [0.15, 0.2) is 11.5 Å². The molecular weight excluding hydrogens is 378 g/mol. The summed E-state index contributed by atoms with van der Waals surface area (Å²) in [6.45, 7) is 3.08. The third-order valence-electron chi connectivity index (χ3n) is 4.11. The molecule has 0 spiro atoms. The fourth-order valence-corrected chi connectivity index (χ4v) is 3.09. The summed E-state index contributed by atoms with van der Waals surface area (Å²) in [6.07, 6.45) is 4.36. The summed E-state index contributed by atoms with van der Waals surface area (Å²) in [5.74, 6) is 1.30. The lowest BCUT2D eigenvalue weighted by Crippen LogP contribution is -2.31. The molecule has 1 aromatic heterocycles. The maximum atomic E-state index is 12.3. The number of carbonyl (C=O) groups is 1. The summed E-state index contributed by atoms with van der Waals surface area (Å²) in [5, 5.41) is 0. The van der Waals surface area contributed by atoms with Crippen molar-refractivity contribution in [3.8, 4) is 11.3 Å². The molecule has 0 saturated carbocycles. The van der Waals surface area contributed by atoms with Crippen LogP contribution in [-0.2, 0) is 0 Å². The van der Waals surface area contributed by atoms with Crippen molar-refractivity contribution in [1.29, 1.82) is 0 Å². The van der Waals surface area contributed by atoms with Gasteiger partial charge in [0.25, 0.3) is 0 Å². The summed E-state index contributed by atoms with van der Waals surface area (Å²) in [5.41, 5.74) is 0.985. The molecular formula is C18H21BrClNO2. The first-order valence-electron chi connectivity index (χ1n) is 7.84. The summed E-state index contributed by atoms with van der Waals surface area (Å²) >= 11 is 3.42. The highest BCUT2D eigenvalue weighted by Crippen LogP contribution is 2.24. The number of Topliss-reactive ketones (excluding diaryl/α,β-unsaturated/α-hetero) is 1. The molecule has 1 aromatic carbocycles. The molecule has 0 amide bonds. The standard InChI is InChI=1S/C18H20BrNO2.ClH/c19-15-6-4-14(5-7-15)17-8-9-18(22-17)16(21)10-13-20-11-2-1-3-12-20;/h4-9H,1-3,10-13H2;1H. The number of hydrogen-bond acceptors (Lipinski definition) is 3. The van der Waals surface area contributed by atoms with E-state index in [1.807, 2.05) is 30.3 Å². The van der Waals surface area contributed by atoms with Crippen LogP contribution in [0, 0.1) is 0 Å². The second-order valence-electron chi connectivity index (χ2n) is 5.75. The Kier molecular flexibility index (Phi) is 6.88. The van der Waals surface area contributed by atoms with Crippen LogP contribution in [-0.4, -0.2) is 30.3 Å². The van der Waals surface area contributed by atoms with Gasteiger partial charge in [-0.2, -0.15) is 0 Å². The minimum absolute atomic E-state index is 0. The van der Waals surface area contributed by atoms with Gasteiger partial charge in [-0.1, -0.05) is 34.5 Å². The van der Waals surface area contributed by atoms with Gasteiger partial charge in [0.2, 0.25) is 0 Å². The summed E-state index contributed by atoms with van der Waals surface area (Å²) in [4.78, 5) is 14.6. The SMILES string of the molecule is Cl.O=C(CCN1CCCCC1)c1ccc(-c2ccc(Br)cc2)o1. The summed E-state index contributed by atoms with van der Waals surface area (Å²) in [6, 6.07) is 11.6. The third-order valence-corrected chi connectivity index (χ3v) is 4.64. The highest BCUT2D eigenvalue weighted by atomic mass is 79.9. The molecule has 124 valence electrons. The van der Waals surface area contributed by atoms with Crippen molar-refractivity contribution in [3.05, 3.63) is 46.6 Å². The van der Waals surface area contributed by atoms with Gasteiger partial charge in [-0.15, -0.1) is 12.4 Å². The number of hydrogen-bond donors (Lipinski definition) is 0. The number of nitrogens with zero attached hydrogens (tertiary/aromatic N) is 1. The molecule has 0 bridgehead atoms. The lowest BCUT2D eigenvalue weighted by molar-refractivity contribution is 0.0932. The quantitative estimate of drug-likeness (QED) is 0.650. The minimum atomic E-state index is 0. The second kappa shape index (κ2) is 8.67. The molecule has 5 heteroatoms. The topological polar surface area (TPSA) is 33.5 Å². The Bertz CT molecular complexity index is 633. The zero-order valence-corrected chi connectivity index (χ0v) is 15.4. The molecule has 1 saturated heterocycles. The van der Waals surface area contributed by atoms with Crippen molar-refractivity contribution in [2.75, 3.05) is 19.6 Å². The van der Waals surface area contributed by atoms with E-state index in [0.717, 1.165) is 35.4 Å². The Balaban J connectivity index is 0.00000192. The number of rotatable bonds is 5. The highest BCUT2D eigenvalue weighted by molar-refractivity contribution is 9.10. The molecule has 23 heavy (non-hydrogen) atoms. The number of likely N-dealkylation sites (tertiary alicyclic amines) is 1. The molecule has 3 nitrogen and oxygen atoms in total. The maximum absolute atomic E-state index is 12.3. The van der Waals surface area contributed by atoms with Crippen molar-refractivity contribution in [2.24, 2.45) is 0 Å². The Morgan fingerprint density at radius 2 is 1.74 bits per heavy atom. The summed E-state index contributed by atoms with van der Waals surface area (Å²) in [7, 11) is 0. The number of benzene rings is 1. The minimum Gasteiger partial charge on any atom is -0.453 e. The molecule has 0 unspecified atom stereocenters. The lowest BCUT2D eigenvalue weighted by Gasteiger charge is -2.25. The van der Waals surface area contributed by atoms with Gasteiger partial charge in [-0.05, 0) is 50.2 Å². The number of halogens is 2. The van der Waals surface area contributed by atoms with E-state index < -0.39 is 0 Å². The fourth-order valence-electron chi connectivity index (χ4n) is 2.82. The van der Waals surface area contributed by atoms with E-state index in [1.165, 1.54) is 19.3 Å². The van der Waals surface area contributed by atoms with Crippen LogP contribution >= 0.6 is 28.3 Å². The maximum Gasteiger partial charge on any atom is 0.199 e. The van der Waals surface area contributed by atoms with Gasteiger partial charge < -0.3 is 9.32 Å². The van der Waals surface area contributed by atoms with E-state index in [0.29, 0.717) is 12.2 Å². The number of carbonyl (C=O) groups excluding carboxylic acids is 1. The smallest absolute Gasteiger partial charge is 0.199 e. The molecule has 1 fully saturated rings. The van der Waals surface area contributed by atoms with Gasteiger partial charge in [-0.3, -0.25) is 4.79 Å². The summed E-state index contributed by atoms with van der Waals surface area (Å²) < 4.78 is 6.76. The van der Waals surface area contributed by atoms with Crippen LogP contribution < -0.4 is 0 Å². The predicted octanol–water partition coefficient (Wildman–Crippen LogP) is 5.19. The van der Waals surface area contributed by atoms with E-state index in [2.05, 4.69) is 20.8 Å². The molecule has 0 N–H and O–H groups in total. The van der Waals surface area contributed by atoms with Crippen LogP contribution in [0.5, 0.6) is 0 Å².